The van der Waals surface area contributed by atoms with Gasteiger partial charge in [0.25, 0.3) is 5.91 Å². The molecule has 53 heavy (non-hydrogen) atoms. The molecule has 0 aromatic heterocycles. The fourth-order valence-electron chi connectivity index (χ4n) is 9.76. The van der Waals surface area contributed by atoms with E-state index < -0.39 is 61.9 Å². The molecule has 3 unspecified atom stereocenters. The number of nitrogens with zero attached hydrogens (tertiary/aromatic N) is 1. The van der Waals surface area contributed by atoms with Gasteiger partial charge in [-0.2, -0.15) is 0 Å². The van der Waals surface area contributed by atoms with Crippen molar-refractivity contribution < 1.29 is 32.4 Å². The Labute approximate surface area is 316 Å². The third-order valence-corrected chi connectivity index (χ3v) is 17.3. The normalized spacial score (nSPS) is 28.1. The predicted octanol–water partition coefficient (Wildman–Crippen LogP) is 4.55. The predicted molar refractivity (Wildman–Crippen MR) is 202 cm³/mol. The van der Waals surface area contributed by atoms with Gasteiger partial charge in [-0.25, -0.2) is 13.2 Å². The maximum absolute atomic E-state index is 14.8. The average molecular weight is 760 g/mol. The molecule has 0 radical (unpaired) electrons. The number of piperidine rings is 1. The maximum atomic E-state index is 14.8. The van der Waals surface area contributed by atoms with Crippen LogP contribution in [-0.4, -0.2) is 89.6 Å². The summed E-state index contributed by atoms with van der Waals surface area (Å²) in [5, 5.41) is 11.9. The van der Waals surface area contributed by atoms with E-state index in [1.165, 1.54) is 0 Å². The zero-order chi connectivity index (χ0) is 38.3. The first-order valence-electron chi connectivity index (χ1n) is 20.7. The lowest BCUT2D eigenvalue weighted by molar-refractivity contribution is -0.145. The van der Waals surface area contributed by atoms with Crippen LogP contribution in [0.4, 0.5) is 4.79 Å². The maximum Gasteiger partial charge on any atom is 0.315 e. The second-order valence-corrected chi connectivity index (χ2v) is 21.4. The minimum atomic E-state index is -3.56. The fraction of sp³-hybridized carbons (Fsp3) is 0.875. The number of fused-ring (bicyclic) bond motifs is 1. The van der Waals surface area contributed by atoms with E-state index in [9.17, 15) is 32.4 Å². The van der Waals surface area contributed by atoms with Crippen LogP contribution < -0.4 is 21.3 Å². The molecule has 5 atom stereocenters. The largest absolute Gasteiger partial charge is 0.347 e. The Kier molecular flexibility index (Phi) is 11.6. The van der Waals surface area contributed by atoms with Gasteiger partial charge in [0.15, 0.2) is 9.84 Å². The Morgan fingerprint density at radius 1 is 0.849 bits per heavy atom. The summed E-state index contributed by atoms with van der Waals surface area (Å²) in [5.74, 6) is -2.02. The summed E-state index contributed by atoms with van der Waals surface area (Å²) in [7, 11) is -3.56. The first kappa shape index (κ1) is 40.0. The molecule has 6 fully saturated rings. The van der Waals surface area contributed by atoms with Crippen LogP contribution in [0.15, 0.2) is 0 Å². The van der Waals surface area contributed by atoms with E-state index in [4.69, 9.17) is 0 Å². The van der Waals surface area contributed by atoms with Gasteiger partial charge < -0.3 is 26.2 Å². The fourth-order valence-corrected chi connectivity index (χ4v) is 11.7. The van der Waals surface area contributed by atoms with E-state index in [-0.39, 0.29) is 46.8 Å². The number of hydrogen-bond acceptors (Lipinski definition) is 7. The van der Waals surface area contributed by atoms with E-state index in [2.05, 4.69) is 35.1 Å². The number of rotatable bonds is 15. The van der Waals surface area contributed by atoms with Crippen molar-refractivity contribution >= 4 is 39.4 Å². The van der Waals surface area contributed by atoms with Gasteiger partial charge in [-0.15, -0.1) is 0 Å². The Morgan fingerprint density at radius 3 is 2.08 bits per heavy atom. The molecule has 6 aliphatic rings. The van der Waals surface area contributed by atoms with Crippen molar-refractivity contribution in [2.45, 2.75) is 178 Å². The van der Waals surface area contributed by atoms with Crippen LogP contribution in [0.3, 0.4) is 0 Å². The number of nitrogens with one attached hydrogen (secondary N) is 4. The molecule has 5 amide bonds. The molecular weight excluding hydrogens is 695 g/mol. The van der Waals surface area contributed by atoms with Crippen molar-refractivity contribution in [3.8, 4) is 0 Å². The standard InChI is InChI=1S/C40H65N5O7S/c1-6-38(2,3)53(51,52)24-40(20-11-8-12-21-40)44-37(50)43-31(26-16-9-7-10-17-26)36(49)45-23-28-30(39(28,4)5)32(45)34(47)42-29(22-25-14-13-15-25)33(46)35(48)41-27-18-19-27/h25-32H,6-24H2,1-5H3,(H,41,48)(H,42,47)(H2,43,44,50)/t28?,29?,30?,31-,32-/m0/s1. The van der Waals surface area contributed by atoms with Crippen LogP contribution in [0.2, 0.25) is 0 Å². The van der Waals surface area contributed by atoms with Crippen molar-refractivity contribution in [2.24, 2.45) is 29.1 Å². The molecule has 298 valence electrons. The van der Waals surface area contributed by atoms with Crippen LogP contribution in [0.25, 0.3) is 0 Å². The third kappa shape index (κ3) is 8.59. The summed E-state index contributed by atoms with van der Waals surface area (Å²) in [6, 6.07) is -3.19. The Morgan fingerprint density at radius 2 is 1.49 bits per heavy atom. The zero-order valence-electron chi connectivity index (χ0n) is 32.8. The highest BCUT2D eigenvalue weighted by atomic mass is 32.2. The molecule has 4 N–H and O–H groups in total. The first-order valence-corrected chi connectivity index (χ1v) is 22.4. The highest BCUT2D eigenvalue weighted by molar-refractivity contribution is 7.92. The summed E-state index contributed by atoms with van der Waals surface area (Å²) in [6.45, 7) is 9.91. The number of ketones is 1. The van der Waals surface area contributed by atoms with Gasteiger partial charge in [0.2, 0.25) is 17.6 Å². The number of carbonyl (C=O) groups excluding carboxylic acids is 5. The number of hydrogen-bond donors (Lipinski definition) is 4. The molecule has 13 heteroatoms. The lowest BCUT2D eigenvalue weighted by atomic mass is 9.80. The van der Waals surface area contributed by atoms with Gasteiger partial charge in [-0.3, -0.25) is 19.2 Å². The van der Waals surface area contributed by atoms with Crippen LogP contribution in [0, 0.1) is 29.1 Å². The molecule has 1 saturated heterocycles. The number of amides is 5. The average Bonchev–Trinajstić information content (AvgIpc) is 3.95. The van der Waals surface area contributed by atoms with Gasteiger partial charge in [-0.05, 0) is 94.3 Å². The van der Waals surface area contributed by atoms with Crippen LogP contribution >= 0.6 is 0 Å². The molecule has 1 aliphatic heterocycles. The van der Waals surface area contributed by atoms with Crippen LogP contribution in [-0.2, 0) is 29.0 Å². The van der Waals surface area contributed by atoms with Crippen molar-refractivity contribution in [2.75, 3.05) is 12.3 Å². The Balaban J connectivity index is 1.21. The highest BCUT2D eigenvalue weighted by Gasteiger charge is 2.70. The monoisotopic (exact) mass is 759 g/mol. The molecule has 5 aliphatic carbocycles. The Hall–Kier alpha value is -2.70. The Bertz CT molecular complexity index is 1520. The van der Waals surface area contributed by atoms with E-state index >= 15 is 0 Å². The smallest absolute Gasteiger partial charge is 0.315 e. The molecule has 0 bridgehead atoms. The van der Waals surface area contributed by atoms with Crippen molar-refractivity contribution in [3.05, 3.63) is 0 Å². The minimum Gasteiger partial charge on any atom is -0.347 e. The third-order valence-electron chi connectivity index (χ3n) is 14.3. The first-order chi connectivity index (χ1) is 25.0. The second kappa shape index (κ2) is 15.4. The van der Waals surface area contributed by atoms with Crippen LogP contribution in [0.1, 0.15) is 144 Å². The topological polar surface area (TPSA) is 171 Å². The lowest BCUT2D eigenvalue weighted by Gasteiger charge is -2.41. The SMILES string of the molecule is CCC(C)(C)S(=O)(=O)CC1(NC(=O)N[C@H](C(=O)N2CC3C([C@H]2C(=O)NC(CC2CCC2)C(=O)C(=O)NC2CC2)C3(C)C)C2CCCCC2)CCCCC1. The molecule has 1 heterocycles. The molecule has 0 aromatic carbocycles. The van der Waals surface area contributed by atoms with Crippen molar-refractivity contribution in [1.82, 2.24) is 26.2 Å². The minimum absolute atomic E-state index is 0.0180. The molecule has 6 rings (SSSR count). The van der Waals surface area contributed by atoms with Gasteiger partial charge in [-0.1, -0.05) is 78.6 Å². The van der Waals surface area contributed by atoms with Crippen LogP contribution in [0.5, 0.6) is 0 Å². The van der Waals surface area contributed by atoms with Gasteiger partial charge in [0.1, 0.15) is 12.1 Å². The van der Waals surface area contributed by atoms with E-state index in [0.29, 0.717) is 32.2 Å². The summed E-state index contributed by atoms with van der Waals surface area (Å²) < 4.78 is 26.4. The second-order valence-electron chi connectivity index (χ2n) is 18.8. The van der Waals surface area contributed by atoms with Gasteiger partial charge in [0, 0.05) is 12.6 Å². The lowest BCUT2D eigenvalue weighted by Crippen LogP contribution is -2.63. The highest BCUT2D eigenvalue weighted by Crippen LogP contribution is 2.65. The van der Waals surface area contributed by atoms with Gasteiger partial charge >= 0.3 is 6.03 Å². The van der Waals surface area contributed by atoms with Gasteiger partial charge in [0.05, 0.1) is 22.1 Å². The molecule has 0 spiro atoms. The number of Topliss-reactive ketones (excluding diaryl/α,β-unsaturated/α-hetero) is 1. The quantitative estimate of drug-likeness (QED) is 0.178. The van der Waals surface area contributed by atoms with Crippen molar-refractivity contribution in [1.29, 1.82) is 0 Å². The molecular formula is C40H65N5O7S. The number of carbonyl (C=O) groups is 5. The molecule has 5 saturated carbocycles. The summed E-state index contributed by atoms with van der Waals surface area (Å²) in [6.07, 6.45) is 13.7. The summed E-state index contributed by atoms with van der Waals surface area (Å²) in [4.78, 5) is 71.2. The molecule has 12 nitrogen and oxygen atoms in total. The van der Waals surface area contributed by atoms with E-state index in [1.807, 2.05) is 6.92 Å². The number of urea groups is 1. The van der Waals surface area contributed by atoms with Crippen molar-refractivity contribution in [3.63, 3.8) is 0 Å². The summed E-state index contributed by atoms with van der Waals surface area (Å²) in [5.41, 5.74) is -1.10. The zero-order valence-corrected chi connectivity index (χ0v) is 33.6. The van der Waals surface area contributed by atoms with E-state index in [0.717, 1.165) is 83.5 Å². The number of sulfone groups is 1. The number of likely N-dealkylation sites (tertiary alicyclic amines) is 1. The summed E-state index contributed by atoms with van der Waals surface area (Å²) >= 11 is 0. The molecule has 0 aromatic rings. The van der Waals surface area contributed by atoms with E-state index in [1.54, 1.807) is 18.7 Å².